The molecular formula is C13H23NO. The van der Waals surface area contributed by atoms with Gasteiger partial charge in [0.25, 0.3) is 0 Å². The SMILES string of the molecule is O[C@@H]1[C@@H]2CCC[C@H]1[C@H](N1CCCC1)CC2. The highest BCUT2D eigenvalue weighted by Gasteiger charge is 2.43. The van der Waals surface area contributed by atoms with Crippen molar-refractivity contribution >= 4 is 0 Å². The molecule has 1 saturated heterocycles. The van der Waals surface area contributed by atoms with E-state index in [9.17, 15) is 5.11 Å². The number of nitrogens with zero attached hydrogens (tertiary/aromatic N) is 1. The molecule has 0 aromatic rings. The molecule has 3 rings (SSSR count). The first-order chi connectivity index (χ1) is 7.36. The van der Waals surface area contributed by atoms with E-state index in [0.29, 0.717) is 11.8 Å². The molecule has 2 saturated carbocycles. The zero-order chi connectivity index (χ0) is 10.3. The predicted molar refractivity (Wildman–Crippen MR) is 60.7 cm³/mol. The molecule has 0 spiro atoms. The van der Waals surface area contributed by atoms with Gasteiger partial charge in [-0.2, -0.15) is 0 Å². The van der Waals surface area contributed by atoms with Crippen molar-refractivity contribution in [2.24, 2.45) is 11.8 Å². The maximum absolute atomic E-state index is 10.3. The first kappa shape index (κ1) is 10.1. The van der Waals surface area contributed by atoms with Crippen LogP contribution in [0.1, 0.15) is 44.9 Å². The van der Waals surface area contributed by atoms with Crippen LogP contribution in [-0.4, -0.2) is 35.2 Å². The summed E-state index contributed by atoms with van der Waals surface area (Å²) >= 11 is 0. The molecule has 0 amide bonds. The van der Waals surface area contributed by atoms with Crippen LogP contribution < -0.4 is 0 Å². The first-order valence-electron chi connectivity index (χ1n) is 6.78. The minimum Gasteiger partial charge on any atom is -0.392 e. The second kappa shape index (κ2) is 4.06. The highest BCUT2D eigenvalue weighted by molar-refractivity contribution is 4.96. The van der Waals surface area contributed by atoms with Gasteiger partial charge in [0.05, 0.1) is 6.10 Å². The van der Waals surface area contributed by atoms with Gasteiger partial charge < -0.3 is 10.0 Å². The second-order valence-corrected chi connectivity index (χ2v) is 5.73. The Balaban J connectivity index is 1.73. The summed E-state index contributed by atoms with van der Waals surface area (Å²) in [5, 5.41) is 10.3. The van der Waals surface area contributed by atoms with Gasteiger partial charge in [0.15, 0.2) is 0 Å². The van der Waals surface area contributed by atoms with Gasteiger partial charge in [-0.3, -0.25) is 0 Å². The van der Waals surface area contributed by atoms with Crippen molar-refractivity contribution < 1.29 is 5.11 Å². The van der Waals surface area contributed by atoms with Crippen LogP contribution in [0.25, 0.3) is 0 Å². The van der Waals surface area contributed by atoms with E-state index in [1.807, 2.05) is 0 Å². The molecule has 15 heavy (non-hydrogen) atoms. The van der Waals surface area contributed by atoms with Gasteiger partial charge in [-0.1, -0.05) is 6.42 Å². The second-order valence-electron chi connectivity index (χ2n) is 5.73. The van der Waals surface area contributed by atoms with Crippen LogP contribution in [0.15, 0.2) is 0 Å². The third-order valence-corrected chi connectivity index (χ3v) is 4.97. The predicted octanol–water partition coefficient (Wildman–Crippen LogP) is 2.02. The Morgan fingerprint density at radius 2 is 1.67 bits per heavy atom. The summed E-state index contributed by atoms with van der Waals surface area (Å²) in [5.74, 6) is 1.25. The molecular weight excluding hydrogens is 186 g/mol. The standard InChI is InChI=1S/C13H23NO/c15-13-10-4-3-5-11(13)12(7-6-10)14-8-1-2-9-14/h10-13,15H,1-9H2/t10-,11+,12-,13-/m1/s1. The fourth-order valence-electron chi connectivity index (χ4n) is 4.17. The van der Waals surface area contributed by atoms with E-state index in [0.717, 1.165) is 6.04 Å². The van der Waals surface area contributed by atoms with Crippen molar-refractivity contribution in [2.45, 2.75) is 57.1 Å². The summed E-state index contributed by atoms with van der Waals surface area (Å²) in [6, 6.07) is 0.721. The Hall–Kier alpha value is -0.0800. The van der Waals surface area contributed by atoms with Crippen molar-refractivity contribution in [1.82, 2.24) is 4.90 Å². The Bertz CT molecular complexity index is 225. The molecule has 1 aliphatic heterocycles. The molecule has 0 unspecified atom stereocenters. The van der Waals surface area contributed by atoms with Crippen LogP contribution in [0.4, 0.5) is 0 Å². The van der Waals surface area contributed by atoms with Crippen LogP contribution in [-0.2, 0) is 0 Å². The van der Waals surface area contributed by atoms with Crippen LogP contribution in [0.5, 0.6) is 0 Å². The highest BCUT2D eigenvalue weighted by atomic mass is 16.3. The zero-order valence-electron chi connectivity index (χ0n) is 9.57. The quantitative estimate of drug-likeness (QED) is 0.714. The molecule has 3 fully saturated rings. The van der Waals surface area contributed by atoms with Gasteiger partial charge >= 0.3 is 0 Å². The van der Waals surface area contributed by atoms with E-state index in [-0.39, 0.29) is 6.10 Å². The average Bonchev–Trinajstić information content (AvgIpc) is 2.70. The number of rotatable bonds is 1. The number of hydrogen-bond acceptors (Lipinski definition) is 2. The largest absolute Gasteiger partial charge is 0.392 e. The number of likely N-dealkylation sites (tertiary alicyclic amines) is 1. The monoisotopic (exact) mass is 209 g/mol. The average molecular weight is 209 g/mol. The summed E-state index contributed by atoms with van der Waals surface area (Å²) in [5.41, 5.74) is 0. The zero-order valence-corrected chi connectivity index (χ0v) is 9.57. The van der Waals surface area contributed by atoms with E-state index in [4.69, 9.17) is 0 Å². The van der Waals surface area contributed by atoms with Crippen molar-refractivity contribution in [3.8, 4) is 0 Å². The summed E-state index contributed by atoms with van der Waals surface area (Å²) in [6.45, 7) is 2.58. The number of hydrogen-bond donors (Lipinski definition) is 1. The van der Waals surface area contributed by atoms with Crippen molar-refractivity contribution in [2.75, 3.05) is 13.1 Å². The van der Waals surface area contributed by atoms with Crippen LogP contribution in [0.3, 0.4) is 0 Å². The molecule has 4 atom stereocenters. The third kappa shape index (κ3) is 1.72. The smallest absolute Gasteiger partial charge is 0.0611 e. The minimum atomic E-state index is 0.0260. The van der Waals surface area contributed by atoms with E-state index < -0.39 is 0 Å². The molecule has 2 aliphatic carbocycles. The molecule has 1 N–H and O–H groups in total. The molecule has 2 heteroatoms. The van der Waals surface area contributed by atoms with Gasteiger partial charge in [0.1, 0.15) is 0 Å². The molecule has 0 aromatic heterocycles. The Labute approximate surface area is 92.7 Å². The molecule has 86 valence electrons. The van der Waals surface area contributed by atoms with Crippen molar-refractivity contribution in [3.63, 3.8) is 0 Å². The number of fused-ring (bicyclic) bond motifs is 2. The lowest BCUT2D eigenvalue weighted by atomic mass is 9.67. The Morgan fingerprint density at radius 1 is 0.867 bits per heavy atom. The van der Waals surface area contributed by atoms with Gasteiger partial charge in [-0.15, -0.1) is 0 Å². The molecule has 3 aliphatic rings. The van der Waals surface area contributed by atoms with E-state index in [2.05, 4.69) is 4.90 Å². The molecule has 2 bridgehead atoms. The summed E-state index contributed by atoms with van der Waals surface area (Å²) < 4.78 is 0. The van der Waals surface area contributed by atoms with Crippen molar-refractivity contribution in [3.05, 3.63) is 0 Å². The fourth-order valence-corrected chi connectivity index (χ4v) is 4.17. The van der Waals surface area contributed by atoms with Crippen LogP contribution in [0.2, 0.25) is 0 Å². The van der Waals surface area contributed by atoms with Crippen molar-refractivity contribution in [1.29, 1.82) is 0 Å². The maximum atomic E-state index is 10.3. The maximum Gasteiger partial charge on any atom is 0.0611 e. The summed E-state index contributed by atoms with van der Waals surface area (Å²) in [4.78, 5) is 2.66. The van der Waals surface area contributed by atoms with Gasteiger partial charge in [-0.25, -0.2) is 0 Å². The highest BCUT2D eigenvalue weighted by Crippen LogP contribution is 2.42. The van der Waals surface area contributed by atoms with Gasteiger partial charge in [-0.05, 0) is 57.5 Å². The van der Waals surface area contributed by atoms with Gasteiger partial charge in [0.2, 0.25) is 0 Å². The van der Waals surface area contributed by atoms with E-state index in [1.165, 1.54) is 58.0 Å². The summed E-state index contributed by atoms with van der Waals surface area (Å²) in [6.07, 6.45) is 9.33. The molecule has 2 nitrogen and oxygen atoms in total. The van der Waals surface area contributed by atoms with Gasteiger partial charge in [0, 0.05) is 12.0 Å². The lowest BCUT2D eigenvalue weighted by molar-refractivity contribution is -0.0580. The Kier molecular flexibility index (Phi) is 2.73. The third-order valence-electron chi connectivity index (χ3n) is 4.97. The number of aliphatic hydroxyl groups is 1. The van der Waals surface area contributed by atoms with E-state index >= 15 is 0 Å². The molecule has 0 radical (unpaired) electrons. The first-order valence-corrected chi connectivity index (χ1v) is 6.78. The lowest BCUT2D eigenvalue weighted by Crippen LogP contribution is -2.51. The fraction of sp³-hybridized carbons (Fsp3) is 1.00. The van der Waals surface area contributed by atoms with E-state index in [1.54, 1.807) is 0 Å². The number of aliphatic hydroxyl groups excluding tert-OH is 1. The molecule has 0 aromatic carbocycles. The normalized spacial score (nSPS) is 47.0. The van der Waals surface area contributed by atoms with Crippen LogP contribution in [0, 0.1) is 11.8 Å². The summed E-state index contributed by atoms with van der Waals surface area (Å²) in [7, 11) is 0. The minimum absolute atomic E-state index is 0.0260. The molecule has 1 heterocycles. The Morgan fingerprint density at radius 3 is 2.47 bits per heavy atom. The lowest BCUT2D eigenvalue weighted by Gasteiger charge is -2.47. The van der Waals surface area contributed by atoms with Crippen LogP contribution >= 0.6 is 0 Å². The topological polar surface area (TPSA) is 23.5 Å².